The summed E-state index contributed by atoms with van der Waals surface area (Å²) >= 11 is 0. The Hall–Kier alpha value is -0.540. The molecule has 0 radical (unpaired) electrons. The molecule has 0 bridgehead atoms. The van der Waals surface area contributed by atoms with Gasteiger partial charge in [-0.1, -0.05) is 129 Å². The van der Waals surface area contributed by atoms with Crippen molar-refractivity contribution >= 4 is 13.8 Å². The van der Waals surface area contributed by atoms with Gasteiger partial charge in [-0.05, 0) is 12.8 Å². The average Bonchev–Trinajstić information content (AvgIpc) is 2.96. The second kappa shape index (κ2) is 29.5. The van der Waals surface area contributed by atoms with E-state index in [4.69, 9.17) is 23.6 Å². The number of hydrogen-bond donors (Lipinski definition) is 3. The maximum atomic E-state index is 12.4. The van der Waals surface area contributed by atoms with E-state index in [-0.39, 0.29) is 25.6 Å². The number of carbonyl (C=O) groups excluding carboxylic acids is 1. The number of esters is 1. The van der Waals surface area contributed by atoms with Crippen molar-refractivity contribution in [2.45, 2.75) is 161 Å². The van der Waals surface area contributed by atoms with Crippen LogP contribution in [0.4, 0.5) is 0 Å². The van der Waals surface area contributed by atoms with Crippen molar-refractivity contribution in [2.75, 3.05) is 33.0 Å². The third-order valence-electron chi connectivity index (χ3n) is 7.04. The van der Waals surface area contributed by atoms with Gasteiger partial charge >= 0.3 is 13.8 Å². The molecular formula is C31H63O9P. The van der Waals surface area contributed by atoms with Gasteiger partial charge in [-0.2, -0.15) is 0 Å². The van der Waals surface area contributed by atoms with Crippen LogP contribution >= 0.6 is 7.82 Å². The largest absolute Gasteiger partial charge is 0.472 e. The van der Waals surface area contributed by atoms with Crippen LogP contribution in [0.15, 0.2) is 0 Å². The number of rotatable bonds is 32. The Morgan fingerprint density at radius 1 is 0.659 bits per heavy atom. The topological polar surface area (TPSA) is 132 Å². The van der Waals surface area contributed by atoms with E-state index in [0.717, 1.165) is 32.1 Å². The fraction of sp³-hybridized carbons (Fsp3) is 0.968. The highest BCUT2D eigenvalue weighted by Gasteiger charge is 2.26. The highest BCUT2D eigenvalue weighted by molar-refractivity contribution is 7.47. The second-order valence-corrected chi connectivity index (χ2v) is 12.7. The lowest BCUT2D eigenvalue weighted by Gasteiger charge is -2.20. The van der Waals surface area contributed by atoms with Gasteiger partial charge in [-0.3, -0.25) is 13.8 Å². The van der Waals surface area contributed by atoms with Gasteiger partial charge in [-0.25, -0.2) is 4.57 Å². The number of phosphoric ester groups is 1. The monoisotopic (exact) mass is 610 g/mol. The van der Waals surface area contributed by atoms with Crippen molar-refractivity contribution in [2.24, 2.45) is 0 Å². The standard InChI is InChI=1S/C31H63O9P/c1-3-5-7-9-11-13-15-17-19-21-23-31(34)40-30(28-39-41(35,36)38-26-29(33)25-32)27-37-24-22-20-18-16-14-12-10-8-6-4-2/h29-30,32-33H,3-28H2,1-2H3,(H,35,36). The molecule has 0 aliphatic carbocycles. The summed E-state index contributed by atoms with van der Waals surface area (Å²) in [5, 5.41) is 18.2. The summed E-state index contributed by atoms with van der Waals surface area (Å²) in [7, 11) is -4.49. The number of aliphatic hydroxyl groups is 2. The van der Waals surface area contributed by atoms with Gasteiger partial charge in [0.15, 0.2) is 0 Å². The van der Waals surface area contributed by atoms with Gasteiger partial charge in [0.25, 0.3) is 0 Å². The normalized spacial score (nSPS) is 14.6. The predicted molar refractivity (Wildman–Crippen MR) is 164 cm³/mol. The van der Waals surface area contributed by atoms with Crippen LogP contribution in [-0.4, -0.2) is 66.3 Å². The molecule has 0 fully saturated rings. The molecule has 0 heterocycles. The molecule has 0 aliphatic heterocycles. The molecule has 0 aromatic rings. The molecule has 3 unspecified atom stereocenters. The van der Waals surface area contributed by atoms with Crippen molar-refractivity contribution in [3.8, 4) is 0 Å². The van der Waals surface area contributed by atoms with Crippen molar-refractivity contribution in [3.63, 3.8) is 0 Å². The Morgan fingerprint density at radius 3 is 1.59 bits per heavy atom. The minimum Gasteiger partial charge on any atom is -0.457 e. The van der Waals surface area contributed by atoms with Gasteiger partial charge in [0.2, 0.25) is 0 Å². The summed E-state index contributed by atoms with van der Waals surface area (Å²) in [5.74, 6) is -0.384. The molecule has 3 N–H and O–H groups in total. The van der Waals surface area contributed by atoms with Crippen LogP contribution in [0.3, 0.4) is 0 Å². The zero-order chi connectivity index (χ0) is 30.4. The van der Waals surface area contributed by atoms with Crippen LogP contribution in [0.5, 0.6) is 0 Å². The van der Waals surface area contributed by atoms with Gasteiger partial charge in [-0.15, -0.1) is 0 Å². The first-order valence-corrected chi connectivity index (χ1v) is 18.0. The summed E-state index contributed by atoms with van der Waals surface area (Å²) < 4.78 is 33.0. The quantitative estimate of drug-likeness (QED) is 0.0399. The van der Waals surface area contributed by atoms with Gasteiger partial charge in [0.1, 0.15) is 12.2 Å². The molecule has 0 rings (SSSR count). The van der Waals surface area contributed by atoms with E-state index in [1.54, 1.807) is 0 Å². The van der Waals surface area contributed by atoms with Crippen molar-refractivity contribution < 1.29 is 43.0 Å². The maximum Gasteiger partial charge on any atom is 0.472 e. The molecule has 41 heavy (non-hydrogen) atoms. The molecule has 0 aromatic heterocycles. The molecule has 9 nitrogen and oxygen atoms in total. The number of phosphoric acid groups is 1. The molecular weight excluding hydrogens is 547 g/mol. The fourth-order valence-electron chi connectivity index (χ4n) is 4.47. The zero-order valence-corrected chi connectivity index (χ0v) is 27.2. The first-order valence-electron chi connectivity index (χ1n) is 16.5. The molecule has 0 saturated carbocycles. The minimum absolute atomic E-state index is 0.0560. The number of carbonyl (C=O) groups is 1. The number of unbranched alkanes of at least 4 members (excludes halogenated alkanes) is 18. The number of aliphatic hydroxyl groups excluding tert-OH is 2. The van der Waals surface area contributed by atoms with E-state index in [1.807, 2.05) is 0 Å². The van der Waals surface area contributed by atoms with Crippen LogP contribution < -0.4 is 0 Å². The number of ether oxygens (including phenoxy) is 2. The highest BCUT2D eigenvalue weighted by Crippen LogP contribution is 2.43. The summed E-state index contributed by atoms with van der Waals surface area (Å²) in [6.45, 7) is 3.49. The Kier molecular flexibility index (Phi) is 29.1. The van der Waals surface area contributed by atoms with E-state index >= 15 is 0 Å². The molecule has 10 heteroatoms. The lowest BCUT2D eigenvalue weighted by molar-refractivity contribution is -0.154. The van der Waals surface area contributed by atoms with Crippen LogP contribution in [0.1, 0.15) is 149 Å². The number of hydrogen-bond acceptors (Lipinski definition) is 8. The van der Waals surface area contributed by atoms with Crippen LogP contribution in [-0.2, 0) is 27.9 Å². The molecule has 246 valence electrons. The average molecular weight is 611 g/mol. The molecule has 0 aromatic carbocycles. The Labute approximate surface area is 250 Å². The second-order valence-electron chi connectivity index (χ2n) is 11.2. The summed E-state index contributed by atoms with van der Waals surface area (Å²) in [6.07, 6.45) is 22.0. The molecule has 0 amide bonds. The van der Waals surface area contributed by atoms with Gasteiger partial charge in [0, 0.05) is 13.0 Å². The molecule has 0 aliphatic rings. The van der Waals surface area contributed by atoms with Crippen molar-refractivity contribution in [1.29, 1.82) is 0 Å². The van der Waals surface area contributed by atoms with Gasteiger partial charge in [0.05, 0.1) is 26.4 Å². The zero-order valence-electron chi connectivity index (χ0n) is 26.3. The summed E-state index contributed by atoms with van der Waals surface area (Å²) in [5.41, 5.74) is 0. The van der Waals surface area contributed by atoms with E-state index in [2.05, 4.69) is 13.8 Å². The Balaban J connectivity index is 4.29. The molecule has 3 atom stereocenters. The van der Waals surface area contributed by atoms with Gasteiger partial charge < -0.3 is 24.6 Å². The lowest BCUT2D eigenvalue weighted by Crippen LogP contribution is -2.29. The third kappa shape index (κ3) is 29.3. The molecule has 0 saturated heterocycles. The Bertz CT molecular complexity index is 620. The van der Waals surface area contributed by atoms with E-state index < -0.39 is 33.2 Å². The van der Waals surface area contributed by atoms with E-state index in [1.165, 1.54) is 96.3 Å². The van der Waals surface area contributed by atoms with Crippen LogP contribution in [0, 0.1) is 0 Å². The minimum atomic E-state index is -4.49. The van der Waals surface area contributed by atoms with E-state index in [9.17, 15) is 19.4 Å². The SMILES string of the molecule is CCCCCCCCCCCCOCC(COP(=O)(O)OCC(O)CO)OC(=O)CCCCCCCCCCCC. The van der Waals surface area contributed by atoms with Crippen molar-refractivity contribution in [1.82, 2.24) is 0 Å². The molecule has 0 spiro atoms. The van der Waals surface area contributed by atoms with Crippen LogP contribution in [0.2, 0.25) is 0 Å². The van der Waals surface area contributed by atoms with Crippen molar-refractivity contribution in [3.05, 3.63) is 0 Å². The fourth-order valence-corrected chi connectivity index (χ4v) is 5.26. The lowest BCUT2D eigenvalue weighted by atomic mass is 10.1. The van der Waals surface area contributed by atoms with E-state index in [0.29, 0.717) is 6.61 Å². The smallest absolute Gasteiger partial charge is 0.457 e. The predicted octanol–water partition coefficient (Wildman–Crippen LogP) is 7.63. The first kappa shape index (κ1) is 40.5. The summed E-state index contributed by atoms with van der Waals surface area (Å²) in [6, 6.07) is 0. The summed E-state index contributed by atoms with van der Waals surface area (Å²) in [4.78, 5) is 22.3. The first-order chi connectivity index (χ1) is 19.8. The Morgan fingerprint density at radius 2 is 1.10 bits per heavy atom. The maximum absolute atomic E-state index is 12.4. The highest BCUT2D eigenvalue weighted by atomic mass is 31.2. The van der Waals surface area contributed by atoms with Crippen LogP contribution in [0.25, 0.3) is 0 Å². The third-order valence-corrected chi connectivity index (χ3v) is 7.99.